The fraction of sp³-hybridized carbons (Fsp3) is 0.875. The van der Waals surface area contributed by atoms with Crippen LogP contribution in [0.1, 0.15) is 47.0 Å². The number of ether oxygens (including phenoxy) is 3. The minimum absolute atomic E-state index is 0.0341. The van der Waals surface area contributed by atoms with Crippen molar-refractivity contribution < 1.29 is 23.8 Å². The smallest absolute Gasteiger partial charge is 0.346 e. The average molecular weight is 330 g/mol. The molecule has 0 aromatic carbocycles. The summed E-state index contributed by atoms with van der Waals surface area (Å²) in [5.74, 6) is 1.17. The molecule has 6 heteroatoms. The summed E-state index contributed by atoms with van der Waals surface area (Å²) in [6.07, 6.45) is 2.53. The molecule has 0 amide bonds. The Bertz CT molecular complexity index is 411. The Kier molecular flexibility index (Phi) is 6.15. The van der Waals surface area contributed by atoms with Crippen LogP contribution in [0.25, 0.3) is 0 Å². The van der Waals surface area contributed by atoms with E-state index in [1.807, 2.05) is 0 Å². The minimum Gasteiger partial charge on any atom is -0.459 e. The summed E-state index contributed by atoms with van der Waals surface area (Å²) in [7, 11) is 0. The quantitative estimate of drug-likeness (QED) is 0.739. The summed E-state index contributed by atoms with van der Waals surface area (Å²) >= 11 is 1.33. The van der Waals surface area contributed by atoms with Crippen molar-refractivity contribution in [1.82, 2.24) is 0 Å². The maximum Gasteiger partial charge on any atom is 0.346 e. The predicted molar refractivity (Wildman–Crippen MR) is 84.1 cm³/mol. The summed E-state index contributed by atoms with van der Waals surface area (Å²) in [5, 5.41) is 0. The zero-order valence-electron chi connectivity index (χ0n) is 13.7. The molecule has 1 aliphatic heterocycles. The van der Waals surface area contributed by atoms with E-state index in [-0.39, 0.29) is 12.1 Å². The van der Waals surface area contributed by atoms with E-state index in [1.165, 1.54) is 25.1 Å². The summed E-state index contributed by atoms with van der Waals surface area (Å²) in [6.45, 7) is 7.94. The molecule has 2 fully saturated rings. The standard InChI is InChI=1S/C16H26O5S/c1-9(2)14-10(3)6-5-7-12(14)20-15(18)16-21-13(8-22-16)19-11(4)17/h9-10,12-14,16H,5-8H2,1-4H3/t10-,12?,13+,14+,16?/m1/s1. The van der Waals surface area contributed by atoms with E-state index in [0.29, 0.717) is 23.5 Å². The highest BCUT2D eigenvalue weighted by Gasteiger charge is 2.39. The number of thioether (sulfide) groups is 1. The van der Waals surface area contributed by atoms with Crippen molar-refractivity contribution >= 4 is 23.7 Å². The van der Waals surface area contributed by atoms with Gasteiger partial charge in [0.2, 0.25) is 11.7 Å². The molecule has 0 bridgehead atoms. The van der Waals surface area contributed by atoms with Crippen molar-refractivity contribution in [3.63, 3.8) is 0 Å². The molecule has 0 spiro atoms. The van der Waals surface area contributed by atoms with Crippen LogP contribution in [0, 0.1) is 17.8 Å². The third kappa shape index (κ3) is 4.38. The number of carbonyl (C=O) groups excluding carboxylic acids is 2. The van der Waals surface area contributed by atoms with Gasteiger partial charge in [0.05, 0.1) is 5.75 Å². The third-order valence-electron chi connectivity index (χ3n) is 4.42. The van der Waals surface area contributed by atoms with Gasteiger partial charge in [0.1, 0.15) is 6.10 Å². The maximum absolute atomic E-state index is 12.3. The Hall–Kier alpha value is -0.750. The van der Waals surface area contributed by atoms with Crippen LogP contribution in [0.2, 0.25) is 0 Å². The van der Waals surface area contributed by atoms with E-state index < -0.39 is 17.7 Å². The summed E-state index contributed by atoms with van der Waals surface area (Å²) in [6, 6.07) is 0. The molecule has 5 atom stereocenters. The molecular weight excluding hydrogens is 304 g/mol. The Balaban J connectivity index is 1.89. The van der Waals surface area contributed by atoms with Crippen LogP contribution in [0.3, 0.4) is 0 Å². The van der Waals surface area contributed by atoms with Crippen molar-refractivity contribution in [3.05, 3.63) is 0 Å². The highest BCUT2D eigenvalue weighted by molar-refractivity contribution is 8.00. The van der Waals surface area contributed by atoms with Gasteiger partial charge in [0.25, 0.3) is 0 Å². The molecule has 2 rings (SSSR count). The minimum atomic E-state index is -0.686. The zero-order valence-corrected chi connectivity index (χ0v) is 14.6. The normalized spacial score (nSPS) is 35.4. The molecule has 2 unspecified atom stereocenters. The lowest BCUT2D eigenvalue weighted by atomic mass is 9.72. The van der Waals surface area contributed by atoms with Crippen molar-refractivity contribution in [2.45, 2.75) is 64.8 Å². The fourth-order valence-corrected chi connectivity index (χ4v) is 4.45. The first-order chi connectivity index (χ1) is 10.4. The monoisotopic (exact) mass is 330 g/mol. The van der Waals surface area contributed by atoms with Gasteiger partial charge in [-0.05, 0) is 24.7 Å². The van der Waals surface area contributed by atoms with Crippen LogP contribution in [-0.2, 0) is 23.8 Å². The topological polar surface area (TPSA) is 61.8 Å². The molecule has 1 saturated carbocycles. The Labute approximate surface area is 136 Å². The van der Waals surface area contributed by atoms with Crippen LogP contribution in [0.15, 0.2) is 0 Å². The van der Waals surface area contributed by atoms with Crippen LogP contribution >= 0.6 is 11.8 Å². The molecule has 1 heterocycles. The molecule has 1 saturated heterocycles. The van der Waals surface area contributed by atoms with E-state index in [1.54, 1.807) is 0 Å². The molecular formula is C16H26O5S. The number of rotatable bonds is 4. The second-order valence-corrected chi connectivity index (χ2v) is 7.64. The Morgan fingerprint density at radius 2 is 1.95 bits per heavy atom. The van der Waals surface area contributed by atoms with E-state index >= 15 is 0 Å². The highest BCUT2D eigenvalue weighted by Crippen LogP contribution is 2.38. The number of esters is 2. The molecule has 126 valence electrons. The maximum atomic E-state index is 12.3. The Morgan fingerprint density at radius 3 is 2.59 bits per heavy atom. The van der Waals surface area contributed by atoms with Gasteiger partial charge in [0.15, 0.2) is 0 Å². The molecule has 5 nitrogen and oxygen atoms in total. The van der Waals surface area contributed by atoms with E-state index in [0.717, 1.165) is 12.8 Å². The first-order valence-electron chi connectivity index (χ1n) is 8.03. The van der Waals surface area contributed by atoms with Gasteiger partial charge in [-0.2, -0.15) is 0 Å². The second kappa shape index (κ2) is 7.68. The Morgan fingerprint density at radius 1 is 1.23 bits per heavy atom. The largest absolute Gasteiger partial charge is 0.459 e. The van der Waals surface area contributed by atoms with Crippen LogP contribution in [0.4, 0.5) is 0 Å². The summed E-state index contributed by atoms with van der Waals surface area (Å²) in [5.41, 5.74) is -0.686. The molecule has 1 aliphatic carbocycles. The van der Waals surface area contributed by atoms with Crippen molar-refractivity contribution in [3.8, 4) is 0 Å². The third-order valence-corrected chi connectivity index (χ3v) is 5.49. The fourth-order valence-electron chi connectivity index (χ4n) is 3.57. The first kappa shape index (κ1) is 17.6. The summed E-state index contributed by atoms with van der Waals surface area (Å²) < 4.78 is 16.2. The van der Waals surface area contributed by atoms with Crippen LogP contribution in [-0.4, -0.2) is 35.5 Å². The number of hydrogen-bond donors (Lipinski definition) is 0. The van der Waals surface area contributed by atoms with Crippen molar-refractivity contribution in [2.24, 2.45) is 17.8 Å². The molecule has 0 aromatic heterocycles. The van der Waals surface area contributed by atoms with Gasteiger partial charge in [-0.15, -0.1) is 11.8 Å². The van der Waals surface area contributed by atoms with Gasteiger partial charge in [-0.1, -0.05) is 27.2 Å². The van der Waals surface area contributed by atoms with Gasteiger partial charge in [0, 0.05) is 12.8 Å². The van der Waals surface area contributed by atoms with Gasteiger partial charge >= 0.3 is 11.9 Å². The number of carbonyl (C=O) groups is 2. The molecule has 0 radical (unpaired) electrons. The summed E-state index contributed by atoms with van der Waals surface area (Å²) in [4.78, 5) is 23.2. The predicted octanol–water partition coefficient (Wildman–Crippen LogP) is 2.97. The van der Waals surface area contributed by atoms with Gasteiger partial charge in [-0.3, -0.25) is 4.79 Å². The molecule has 0 aromatic rings. The lowest BCUT2D eigenvalue weighted by Crippen LogP contribution is -2.39. The second-order valence-electron chi connectivity index (χ2n) is 6.55. The van der Waals surface area contributed by atoms with Gasteiger partial charge < -0.3 is 14.2 Å². The molecule has 0 N–H and O–H groups in total. The van der Waals surface area contributed by atoms with Crippen LogP contribution < -0.4 is 0 Å². The van der Waals surface area contributed by atoms with Crippen LogP contribution in [0.5, 0.6) is 0 Å². The van der Waals surface area contributed by atoms with E-state index in [2.05, 4.69) is 20.8 Å². The lowest BCUT2D eigenvalue weighted by Gasteiger charge is -2.38. The van der Waals surface area contributed by atoms with Crippen molar-refractivity contribution in [2.75, 3.05) is 5.75 Å². The number of hydrogen-bond acceptors (Lipinski definition) is 6. The SMILES string of the molecule is CC(=O)O[C@@H]1CSC(C(=O)OC2CCC[C@@H](C)[C@@H]2C(C)C)O1. The highest BCUT2D eigenvalue weighted by atomic mass is 32.2. The molecule has 22 heavy (non-hydrogen) atoms. The average Bonchev–Trinajstić information content (AvgIpc) is 2.86. The first-order valence-corrected chi connectivity index (χ1v) is 9.08. The zero-order chi connectivity index (χ0) is 16.3. The van der Waals surface area contributed by atoms with Gasteiger partial charge in [-0.25, -0.2) is 4.79 Å². The lowest BCUT2D eigenvalue weighted by molar-refractivity contribution is -0.185. The molecule has 2 aliphatic rings. The van der Waals surface area contributed by atoms with E-state index in [9.17, 15) is 9.59 Å². The van der Waals surface area contributed by atoms with E-state index in [4.69, 9.17) is 14.2 Å². The van der Waals surface area contributed by atoms with Crippen molar-refractivity contribution in [1.29, 1.82) is 0 Å².